The molecule has 1 aromatic carbocycles. The van der Waals surface area contributed by atoms with Gasteiger partial charge in [0, 0.05) is 37.9 Å². The van der Waals surface area contributed by atoms with E-state index in [0.717, 1.165) is 0 Å². The maximum Gasteiger partial charge on any atom is 0.333 e. The van der Waals surface area contributed by atoms with Crippen LogP contribution in [0.25, 0.3) is 0 Å². The van der Waals surface area contributed by atoms with E-state index in [4.69, 9.17) is 15.3 Å². The molecule has 17 heteroatoms. The van der Waals surface area contributed by atoms with Gasteiger partial charge in [-0.05, 0) is 42.9 Å². The van der Waals surface area contributed by atoms with Crippen LogP contribution >= 0.6 is 0 Å². The number of amides is 7. The Bertz CT molecular complexity index is 1260. The fraction of sp³-hybridized carbons (Fsp3) is 0.500. The van der Waals surface area contributed by atoms with E-state index in [1.54, 1.807) is 38.1 Å². The molecule has 1 saturated heterocycles. The van der Waals surface area contributed by atoms with E-state index in [2.05, 4.69) is 21.3 Å². The molecule has 1 aliphatic rings. The average molecular weight is 630 g/mol. The smallest absolute Gasteiger partial charge is 0.333 e. The molecule has 6 N–H and O–H groups in total. The van der Waals surface area contributed by atoms with Crippen LogP contribution in [-0.4, -0.2) is 78.9 Å². The number of imide groups is 1. The zero-order valence-electron chi connectivity index (χ0n) is 25.5. The molecule has 2 rings (SSSR count). The second-order valence-electron chi connectivity index (χ2n) is 10.6. The number of rotatable bonds is 17. The van der Waals surface area contributed by atoms with Crippen molar-refractivity contribution in [3.05, 3.63) is 29.8 Å². The Hall–Kier alpha value is -4.96. The first-order valence-electron chi connectivity index (χ1n) is 14.5. The van der Waals surface area contributed by atoms with Crippen LogP contribution in [0.5, 0.6) is 0 Å². The zero-order chi connectivity index (χ0) is 33.5. The van der Waals surface area contributed by atoms with Crippen molar-refractivity contribution in [1.29, 1.82) is 0 Å². The molecule has 0 aliphatic carbocycles. The fourth-order valence-corrected chi connectivity index (χ4v) is 4.13. The van der Waals surface area contributed by atoms with Gasteiger partial charge in [0.1, 0.15) is 18.7 Å². The molecule has 7 amide bonds. The number of primary amides is 1. The number of hydrogen-bond donors (Lipinski definition) is 5. The topological polar surface area (TPSA) is 232 Å². The Morgan fingerprint density at radius 1 is 0.933 bits per heavy atom. The highest BCUT2D eigenvalue weighted by Crippen LogP contribution is 2.14. The number of anilines is 1. The van der Waals surface area contributed by atoms with Crippen molar-refractivity contribution in [2.24, 2.45) is 11.7 Å². The lowest BCUT2D eigenvalue weighted by atomic mass is 10.0. The highest BCUT2D eigenvalue weighted by Gasteiger charge is 2.33. The van der Waals surface area contributed by atoms with Crippen LogP contribution in [0, 0.1) is 5.92 Å². The van der Waals surface area contributed by atoms with Crippen LogP contribution in [-0.2, 0) is 44.9 Å². The van der Waals surface area contributed by atoms with Crippen LogP contribution in [0.2, 0.25) is 0 Å². The van der Waals surface area contributed by atoms with Crippen LogP contribution in [0.1, 0.15) is 64.4 Å². The van der Waals surface area contributed by atoms with Gasteiger partial charge in [0.25, 0.3) is 11.8 Å². The van der Waals surface area contributed by atoms with E-state index in [-0.39, 0.29) is 57.6 Å². The molecule has 0 radical (unpaired) electrons. The minimum absolute atomic E-state index is 0.0326. The zero-order valence-corrected chi connectivity index (χ0v) is 25.5. The Kier molecular flexibility index (Phi) is 14.5. The predicted octanol–water partition coefficient (Wildman–Crippen LogP) is -0.254. The standard InChI is InChI=1S/C28H39BN6O10/c1-16(2)24(34-20(36)6-3-7-23(39)45-35-21(37)12-13-22(35)38)26(41)33-19(5-4-14-31-28(30)43)25(40)32-18-10-8-17(9-11-18)15-44-27(29)42/h8-11,16,19,24H,3-7,12-15,29H2,1-2H3,(H,32,40)(H,33,41)(H,34,36)(H3,30,31,43)/t19-,24?/m0/s1. The molecule has 1 fully saturated rings. The summed E-state index contributed by atoms with van der Waals surface area (Å²) in [5.74, 6) is -4.57. The van der Waals surface area contributed by atoms with Crippen molar-refractivity contribution in [3.63, 3.8) is 0 Å². The maximum absolute atomic E-state index is 13.3. The lowest BCUT2D eigenvalue weighted by Gasteiger charge is -2.25. The van der Waals surface area contributed by atoms with Crippen molar-refractivity contribution in [3.8, 4) is 0 Å². The number of nitrogens with one attached hydrogen (secondary N) is 4. The summed E-state index contributed by atoms with van der Waals surface area (Å²) < 4.78 is 4.95. The average Bonchev–Trinajstić information content (AvgIpc) is 3.28. The molecule has 45 heavy (non-hydrogen) atoms. The van der Waals surface area contributed by atoms with Gasteiger partial charge in [-0.3, -0.25) is 28.8 Å². The molecule has 2 atom stereocenters. The molecule has 0 saturated carbocycles. The van der Waals surface area contributed by atoms with Gasteiger partial charge in [-0.2, -0.15) is 0 Å². The van der Waals surface area contributed by atoms with Crippen LogP contribution in [0.4, 0.5) is 15.3 Å². The molecular weight excluding hydrogens is 591 g/mol. The fourth-order valence-electron chi connectivity index (χ4n) is 4.13. The lowest BCUT2D eigenvalue weighted by Crippen LogP contribution is -2.54. The molecular formula is C28H39BN6O10. The van der Waals surface area contributed by atoms with Gasteiger partial charge in [0.05, 0.1) is 0 Å². The number of benzene rings is 1. The van der Waals surface area contributed by atoms with Crippen molar-refractivity contribution in [2.45, 2.75) is 77.5 Å². The van der Waals surface area contributed by atoms with Crippen LogP contribution in [0.15, 0.2) is 24.3 Å². The summed E-state index contributed by atoms with van der Waals surface area (Å²) in [6, 6.07) is 3.75. The highest BCUT2D eigenvalue weighted by atomic mass is 16.7. The summed E-state index contributed by atoms with van der Waals surface area (Å²) in [6.45, 7) is 3.64. The third-order valence-corrected chi connectivity index (χ3v) is 6.51. The molecule has 0 bridgehead atoms. The Morgan fingerprint density at radius 3 is 2.16 bits per heavy atom. The van der Waals surface area contributed by atoms with Crippen LogP contribution in [0.3, 0.4) is 0 Å². The molecule has 1 aliphatic heterocycles. The van der Waals surface area contributed by atoms with Gasteiger partial charge < -0.3 is 36.6 Å². The largest absolute Gasteiger partial charge is 0.469 e. The molecule has 1 heterocycles. The molecule has 0 aromatic heterocycles. The van der Waals surface area contributed by atoms with Crippen molar-refractivity contribution < 1.29 is 47.9 Å². The van der Waals surface area contributed by atoms with E-state index in [0.29, 0.717) is 22.7 Å². The molecule has 16 nitrogen and oxygen atoms in total. The monoisotopic (exact) mass is 630 g/mol. The van der Waals surface area contributed by atoms with Crippen LogP contribution < -0.4 is 27.0 Å². The Balaban J connectivity index is 1.97. The van der Waals surface area contributed by atoms with E-state index < -0.39 is 59.5 Å². The first-order valence-corrected chi connectivity index (χ1v) is 14.5. The third-order valence-electron chi connectivity index (χ3n) is 6.51. The number of nitrogens with zero attached hydrogens (tertiary/aromatic N) is 1. The first kappa shape index (κ1) is 36.2. The summed E-state index contributed by atoms with van der Waals surface area (Å²) in [4.78, 5) is 101. The van der Waals surface area contributed by atoms with Gasteiger partial charge >= 0.3 is 12.0 Å². The number of urea groups is 1. The summed E-state index contributed by atoms with van der Waals surface area (Å²) in [5.41, 5.74) is 6.23. The first-order chi connectivity index (χ1) is 21.3. The second-order valence-corrected chi connectivity index (χ2v) is 10.6. The van der Waals surface area contributed by atoms with Crippen molar-refractivity contribution >= 4 is 60.9 Å². The van der Waals surface area contributed by atoms with Gasteiger partial charge in [-0.15, -0.1) is 5.06 Å². The number of hydrogen-bond acceptors (Lipinski definition) is 10. The number of ether oxygens (including phenoxy) is 1. The second kappa shape index (κ2) is 18.0. The van der Waals surface area contributed by atoms with E-state index in [9.17, 15) is 38.4 Å². The predicted molar refractivity (Wildman–Crippen MR) is 160 cm³/mol. The lowest BCUT2D eigenvalue weighted by molar-refractivity contribution is -0.197. The number of hydroxylamine groups is 2. The number of carbonyl (C=O) groups excluding carboxylic acids is 8. The molecule has 1 unspecified atom stereocenters. The number of nitrogens with two attached hydrogens (primary N) is 1. The Labute approximate surface area is 260 Å². The van der Waals surface area contributed by atoms with Gasteiger partial charge in [0.15, 0.2) is 0 Å². The molecule has 1 aromatic rings. The quantitative estimate of drug-likeness (QED) is 0.0860. The van der Waals surface area contributed by atoms with Gasteiger partial charge in [0.2, 0.25) is 31.4 Å². The van der Waals surface area contributed by atoms with Gasteiger partial charge in [-0.1, -0.05) is 26.0 Å². The normalized spacial score (nSPS) is 13.9. The Morgan fingerprint density at radius 2 is 1.58 bits per heavy atom. The van der Waals surface area contributed by atoms with Gasteiger partial charge in [-0.25, -0.2) is 9.59 Å². The summed E-state index contributed by atoms with van der Waals surface area (Å²) in [7, 11) is 1.29. The van der Waals surface area contributed by atoms with E-state index >= 15 is 0 Å². The van der Waals surface area contributed by atoms with E-state index in [1.165, 1.54) is 7.85 Å². The summed E-state index contributed by atoms with van der Waals surface area (Å²) >= 11 is 0. The molecule has 0 spiro atoms. The maximum atomic E-state index is 13.3. The summed E-state index contributed by atoms with van der Waals surface area (Å²) in [6.07, 6.45) is -0.000654. The summed E-state index contributed by atoms with van der Waals surface area (Å²) in [5, 5.41) is 10.9. The van der Waals surface area contributed by atoms with Crippen molar-refractivity contribution in [2.75, 3.05) is 11.9 Å². The SMILES string of the molecule is BC(=O)OCc1ccc(NC(=O)[C@H](CCCNC(N)=O)NC(=O)C(NC(=O)CCCC(=O)ON2C(=O)CCC2=O)C(C)C)cc1. The molecule has 244 valence electrons. The minimum atomic E-state index is -1.04. The number of carbonyl (C=O) groups is 8. The minimum Gasteiger partial charge on any atom is -0.469 e. The highest BCUT2D eigenvalue weighted by molar-refractivity contribution is 6.55. The van der Waals surface area contributed by atoms with E-state index in [1.807, 2.05) is 0 Å². The van der Waals surface area contributed by atoms with Crippen molar-refractivity contribution in [1.82, 2.24) is 21.0 Å². The third kappa shape index (κ3) is 13.1.